The zero-order valence-corrected chi connectivity index (χ0v) is 38.2. The van der Waals surface area contributed by atoms with E-state index in [2.05, 4.69) is 203 Å². The van der Waals surface area contributed by atoms with E-state index in [0.717, 1.165) is 85.3 Å². The Kier molecular flexibility index (Phi) is 10.2. The number of nitrogens with zero attached hydrogens (tertiary/aromatic N) is 4. The van der Waals surface area contributed by atoms with Gasteiger partial charge in [-0.25, -0.2) is 9.97 Å². The number of dihydropyridines is 1. The normalized spacial score (nSPS) is 21.5. The molecule has 7 aliphatic rings. The molecule has 5 heteroatoms. The summed E-state index contributed by atoms with van der Waals surface area (Å²) in [6.07, 6.45) is 41.5. The van der Waals surface area contributed by atoms with Gasteiger partial charge in [-0.3, -0.25) is 0 Å². The molecule has 0 amide bonds. The van der Waals surface area contributed by atoms with Crippen LogP contribution in [0.5, 0.6) is 0 Å². The molecule has 3 atom stereocenters. The first-order chi connectivity index (χ1) is 33.7. The molecule has 4 aromatic carbocycles. The third kappa shape index (κ3) is 7.16. The van der Waals surface area contributed by atoms with Crippen molar-refractivity contribution in [2.45, 2.75) is 63.5 Å². The highest BCUT2D eigenvalue weighted by atomic mass is 15.2. The molecule has 5 nitrogen and oxygen atoms in total. The Bertz CT molecular complexity index is 3320. The molecule has 4 heterocycles. The minimum absolute atomic E-state index is 0.184. The van der Waals surface area contributed by atoms with Crippen LogP contribution in [0.3, 0.4) is 0 Å². The Hall–Kier alpha value is -7.76. The minimum atomic E-state index is 0.184. The molecule has 3 unspecified atom stereocenters. The number of hydrogen-bond acceptors (Lipinski definition) is 4. The van der Waals surface area contributed by atoms with Crippen LogP contribution in [0, 0.1) is 5.92 Å². The van der Waals surface area contributed by atoms with E-state index in [1.54, 1.807) is 0 Å². The Morgan fingerprint density at radius 3 is 2.19 bits per heavy atom. The Labute approximate surface area is 399 Å². The molecule has 13 rings (SSSR count). The van der Waals surface area contributed by atoms with Crippen LogP contribution in [-0.4, -0.2) is 26.6 Å². The fourth-order valence-electron chi connectivity index (χ4n) is 11.5. The Morgan fingerprint density at radius 2 is 1.40 bits per heavy atom. The second kappa shape index (κ2) is 17.2. The van der Waals surface area contributed by atoms with Crippen molar-refractivity contribution in [3.63, 3.8) is 0 Å². The highest BCUT2D eigenvalue weighted by Gasteiger charge is 2.35. The summed E-state index contributed by atoms with van der Waals surface area (Å²) < 4.78 is 2.63. The van der Waals surface area contributed by atoms with E-state index in [0.29, 0.717) is 5.92 Å². The lowest BCUT2D eigenvalue weighted by Crippen LogP contribution is -2.35. The summed E-state index contributed by atoms with van der Waals surface area (Å²) in [5.74, 6) is 1.06. The van der Waals surface area contributed by atoms with Gasteiger partial charge in [-0.05, 0) is 98.4 Å². The van der Waals surface area contributed by atoms with E-state index in [4.69, 9.17) is 9.97 Å². The number of benzene rings is 4. The lowest BCUT2D eigenvalue weighted by atomic mass is 9.85. The average molecular weight is 880 g/mol. The number of rotatable bonds is 7. The minimum Gasteiger partial charge on any atom is -0.375 e. The molecule has 68 heavy (non-hydrogen) atoms. The van der Waals surface area contributed by atoms with E-state index in [-0.39, 0.29) is 12.1 Å². The van der Waals surface area contributed by atoms with E-state index in [1.165, 1.54) is 72.8 Å². The number of para-hydroxylation sites is 2. The molecule has 0 spiro atoms. The quantitative estimate of drug-likeness (QED) is 0.162. The maximum atomic E-state index is 5.12. The van der Waals surface area contributed by atoms with E-state index in [9.17, 15) is 0 Å². The van der Waals surface area contributed by atoms with E-state index < -0.39 is 0 Å². The van der Waals surface area contributed by atoms with Gasteiger partial charge in [0, 0.05) is 67.5 Å². The maximum absolute atomic E-state index is 5.12. The highest BCUT2D eigenvalue weighted by Crippen LogP contribution is 2.52. The number of aromatic nitrogens is 3. The van der Waals surface area contributed by atoms with Crippen molar-refractivity contribution in [2.24, 2.45) is 5.92 Å². The number of allylic oxidation sites excluding steroid dienone is 16. The summed E-state index contributed by atoms with van der Waals surface area (Å²) in [7, 11) is 0. The van der Waals surface area contributed by atoms with Gasteiger partial charge < -0.3 is 14.8 Å². The zero-order valence-electron chi connectivity index (χ0n) is 38.2. The van der Waals surface area contributed by atoms with Gasteiger partial charge in [0.1, 0.15) is 0 Å². The highest BCUT2D eigenvalue weighted by molar-refractivity contribution is 6.10. The molecule has 5 aliphatic carbocycles. The zero-order chi connectivity index (χ0) is 45.0. The topological polar surface area (TPSA) is 46.0 Å². The molecule has 0 saturated heterocycles. The van der Waals surface area contributed by atoms with Crippen molar-refractivity contribution in [2.75, 3.05) is 4.90 Å². The van der Waals surface area contributed by atoms with Gasteiger partial charge >= 0.3 is 0 Å². The first-order valence-electron chi connectivity index (χ1n) is 24.7. The van der Waals surface area contributed by atoms with Crippen LogP contribution in [-0.2, 0) is 0 Å². The molecule has 0 fully saturated rings. The van der Waals surface area contributed by atoms with Crippen LogP contribution in [0.15, 0.2) is 228 Å². The molecule has 1 N–H and O–H groups in total. The van der Waals surface area contributed by atoms with Crippen LogP contribution in [0.4, 0.5) is 5.69 Å². The fourth-order valence-corrected chi connectivity index (χ4v) is 11.5. The molecule has 2 aromatic heterocycles. The van der Waals surface area contributed by atoms with Crippen LogP contribution in [0.25, 0.3) is 61.4 Å². The standard InChI is InChI=1S/C63H53N5/c1-3-16-44(17-4-1)56-41-57(45-18-5-2-6-19-45)66-63(65-56)47-32-30-42(31-33-47)43-34-37-49(38-35-43)67-58-27-12-8-23-51(58)61-52-24-9-13-28-59(52)68(62(61)53-25-10-14-29-60(53)67)50-22-15-21-48(40-50)55-39-36-46-20-7-11-26-54(46)64-55/h1-6,8-13,16-19,21,23-28,30,32-37,39-42,49,54,64H,7,14-15,20,22,29,31,38H2. The summed E-state index contributed by atoms with van der Waals surface area (Å²) >= 11 is 0. The van der Waals surface area contributed by atoms with Crippen molar-refractivity contribution in [1.82, 2.24) is 19.9 Å². The third-order valence-corrected chi connectivity index (χ3v) is 14.9. The van der Waals surface area contributed by atoms with Crippen molar-refractivity contribution in [1.29, 1.82) is 0 Å². The Morgan fingerprint density at radius 1 is 0.618 bits per heavy atom. The van der Waals surface area contributed by atoms with Crippen molar-refractivity contribution < 1.29 is 0 Å². The lowest BCUT2D eigenvalue weighted by molar-refractivity contribution is 0.685. The van der Waals surface area contributed by atoms with E-state index >= 15 is 0 Å². The van der Waals surface area contributed by atoms with Gasteiger partial charge in [0.25, 0.3) is 0 Å². The lowest BCUT2D eigenvalue weighted by Gasteiger charge is -2.37. The first-order valence-corrected chi connectivity index (χ1v) is 24.7. The van der Waals surface area contributed by atoms with Gasteiger partial charge in [-0.2, -0.15) is 0 Å². The largest absolute Gasteiger partial charge is 0.375 e. The SMILES string of the molecule is C1=CC2NC(C3=CCCC(n4c5c(c6ccccc64)-c4ccccc4N(C4C=CC(C6C=CC(c7nc(-c8ccccc8)cc(-c8ccccc8)n7)=CC6)=CC4)C4=C5C=CCC4)=C3)=CC=C2CC1. The molecule has 0 bridgehead atoms. The first kappa shape index (κ1) is 40.5. The molecular formula is C63H53N5. The molecule has 0 radical (unpaired) electrons. The van der Waals surface area contributed by atoms with Crippen LogP contribution in [0.1, 0.15) is 62.9 Å². The van der Waals surface area contributed by atoms with Gasteiger partial charge in [0.05, 0.1) is 34.7 Å². The van der Waals surface area contributed by atoms with Gasteiger partial charge in [0.2, 0.25) is 0 Å². The maximum Gasteiger partial charge on any atom is 0.160 e. The second-order valence-electron chi connectivity index (χ2n) is 18.9. The van der Waals surface area contributed by atoms with Crippen LogP contribution < -0.4 is 10.2 Å². The summed E-state index contributed by atoms with van der Waals surface area (Å²) in [5.41, 5.74) is 21.1. The number of fused-ring (bicyclic) bond motifs is 7. The summed E-state index contributed by atoms with van der Waals surface area (Å²) in [6, 6.07) is 41.8. The van der Waals surface area contributed by atoms with Gasteiger partial charge in [0.15, 0.2) is 5.82 Å². The van der Waals surface area contributed by atoms with Gasteiger partial charge in [-0.1, -0.05) is 170 Å². The summed E-state index contributed by atoms with van der Waals surface area (Å²) in [5, 5.41) is 5.19. The second-order valence-corrected chi connectivity index (χ2v) is 18.9. The monoisotopic (exact) mass is 879 g/mol. The molecular weight excluding hydrogens is 827 g/mol. The van der Waals surface area contributed by atoms with Crippen LogP contribution >= 0.6 is 0 Å². The fraction of sp³-hybridized carbons (Fsp3) is 0.175. The number of anilines is 1. The predicted octanol–water partition coefficient (Wildman–Crippen LogP) is 14.9. The average Bonchev–Trinajstić information content (AvgIpc) is 3.70. The smallest absolute Gasteiger partial charge is 0.160 e. The van der Waals surface area contributed by atoms with Crippen molar-refractivity contribution >= 4 is 33.4 Å². The third-order valence-electron chi connectivity index (χ3n) is 14.9. The Balaban J connectivity index is 0.829. The summed E-state index contributed by atoms with van der Waals surface area (Å²) in [6.45, 7) is 0. The molecule has 330 valence electrons. The predicted molar refractivity (Wildman–Crippen MR) is 282 cm³/mol. The number of hydrogen-bond donors (Lipinski definition) is 1. The molecule has 2 aliphatic heterocycles. The van der Waals surface area contributed by atoms with Crippen LogP contribution in [0.2, 0.25) is 0 Å². The number of nitrogens with one attached hydrogen (secondary N) is 1. The molecule has 6 aromatic rings. The van der Waals surface area contributed by atoms with Crippen molar-refractivity contribution in [3.8, 4) is 33.6 Å². The summed E-state index contributed by atoms with van der Waals surface area (Å²) in [4.78, 5) is 12.9. The van der Waals surface area contributed by atoms with E-state index in [1.807, 2.05) is 12.1 Å². The molecule has 0 saturated carbocycles. The van der Waals surface area contributed by atoms with Gasteiger partial charge in [-0.15, -0.1) is 0 Å². The van der Waals surface area contributed by atoms with Crippen molar-refractivity contribution in [3.05, 3.63) is 240 Å².